The van der Waals surface area contributed by atoms with Crippen LogP contribution >= 0.6 is 0 Å². The number of hydrogen-bond donors (Lipinski definition) is 0. The lowest BCUT2D eigenvalue weighted by molar-refractivity contribution is 0.480. The highest BCUT2D eigenvalue weighted by molar-refractivity contribution is 6.99. The maximum atomic E-state index is 10.3. The molecule has 2 nitrogen and oxygen atoms in total. The van der Waals surface area contributed by atoms with Gasteiger partial charge >= 0.3 is 0 Å². The van der Waals surface area contributed by atoms with Crippen molar-refractivity contribution in [2.24, 2.45) is 0 Å². The first-order chi connectivity index (χ1) is 8.18. The largest absolute Gasteiger partial charge is 0.454 e. The topological polar surface area (TPSA) is 26.3 Å². The Bertz CT molecular complexity index is 476. The van der Waals surface area contributed by atoms with Crippen molar-refractivity contribution in [2.45, 2.75) is 39.3 Å². The molecule has 4 heteroatoms. The molecule has 0 atom stereocenters. The Hall–Kier alpha value is -1.10. The van der Waals surface area contributed by atoms with Crippen LogP contribution in [0.15, 0.2) is 24.5 Å². The molecule has 1 aromatic carbocycles. The molecule has 0 amide bonds. The van der Waals surface area contributed by atoms with Gasteiger partial charge in [-0.3, -0.25) is 0 Å². The summed E-state index contributed by atoms with van der Waals surface area (Å²) in [5.41, 5.74) is 0. The van der Waals surface area contributed by atoms with Gasteiger partial charge in [-0.25, -0.2) is 4.79 Å². The van der Waals surface area contributed by atoms with Crippen LogP contribution in [0.1, 0.15) is 0 Å². The van der Waals surface area contributed by atoms with Crippen LogP contribution in [0.25, 0.3) is 0 Å². The van der Waals surface area contributed by atoms with E-state index in [9.17, 15) is 4.79 Å². The fourth-order valence-corrected chi connectivity index (χ4v) is 7.61. The molecule has 0 bridgehead atoms. The summed E-state index contributed by atoms with van der Waals surface area (Å²) in [7, 11) is -2.94. The van der Waals surface area contributed by atoms with Crippen molar-refractivity contribution in [2.75, 3.05) is 0 Å². The molecule has 0 N–H and O–H groups in total. The molecular formula is C14H22O2Si2. The number of hydrogen-bond acceptors (Lipinski definition) is 2. The Kier molecular flexibility index (Phi) is 4.38. The minimum Gasteiger partial charge on any atom is -0.454 e. The van der Waals surface area contributed by atoms with Crippen molar-refractivity contribution in [1.82, 2.24) is 0 Å². The van der Waals surface area contributed by atoms with Crippen molar-refractivity contribution in [3.05, 3.63) is 24.5 Å². The van der Waals surface area contributed by atoms with Crippen LogP contribution in [-0.4, -0.2) is 22.1 Å². The van der Waals surface area contributed by atoms with Gasteiger partial charge in [-0.2, -0.15) is 0 Å². The zero-order chi connectivity index (χ0) is 14.0. The van der Waals surface area contributed by atoms with Crippen molar-refractivity contribution in [1.29, 1.82) is 0 Å². The lowest BCUT2D eigenvalue weighted by Gasteiger charge is -2.29. The molecule has 0 spiro atoms. The summed E-state index contributed by atoms with van der Waals surface area (Å²) in [5.74, 6) is 2.51. The second-order valence-corrected chi connectivity index (χ2v) is 16.6. The van der Waals surface area contributed by atoms with Gasteiger partial charge in [0.2, 0.25) is 0 Å². The lowest BCUT2D eigenvalue weighted by Crippen LogP contribution is -2.56. The monoisotopic (exact) mass is 278 g/mol. The predicted octanol–water partition coefficient (Wildman–Crippen LogP) is 2.50. The molecule has 0 aliphatic carbocycles. The minimum absolute atomic E-state index is 0.831. The van der Waals surface area contributed by atoms with Gasteiger partial charge in [-0.05, 0) is 11.3 Å². The normalized spacial score (nSPS) is 11.9. The van der Waals surface area contributed by atoms with Gasteiger partial charge in [-0.1, -0.05) is 56.6 Å². The number of rotatable bonds is 4. The van der Waals surface area contributed by atoms with E-state index in [-0.39, 0.29) is 0 Å². The van der Waals surface area contributed by atoms with Crippen LogP contribution < -0.4 is 15.1 Å². The Balaban J connectivity index is 3.50. The van der Waals surface area contributed by atoms with E-state index in [0.29, 0.717) is 0 Å². The summed E-state index contributed by atoms with van der Waals surface area (Å²) in [4.78, 5) is 10.3. The molecule has 98 valence electrons. The fourth-order valence-electron chi connectivity index (χ4n) is 2.12. The first-order valence-electron chi connectivity index (χ1n) is 6.18. The van der Waals surface area contributed by atoms with Crippen molar-refractivity contribution >= 4 is 32.5 Å². The van der Waals surface area contributed by atoms with E-state index in [1.54, 1.807) is 5.94 Å². The lowest BCUT2D eigenvalue weighted by atomic mass is 10.3. The van der Waals surface area contributed by atoms with Crippen LogP contribution in [0, 0.1) is 0 Å². The summed E-state index contributed by atoms with van der Waals surface area (Å²) >= 11 is 0. The van der Waals surface area contributed by atoms with Crippen LogP contribution in [0.2, 0.25) is 39.3 Å². The summed E-state index contributed by atoms with van der Waals surface area (Å²) in [6, 6.07) is 6.19. The smallest absolute Gasteiger partial charge is 0.174 e. The highest BCUT2D eigenvalue weighted by Gasteiger charge is 2.30. The molecule has 0 aliphatic rings. The van der Waals surface area contributed by atoms with Gasteiger partial charge < -0.3 is 4.74 Å². The fraction of sp³-hybridized carbons (Fsp3) is 0.429. The van der Waals surface area contributed by atoms with E-state index < -0.39 is 16.1 Å². The van der Waals surface area contributed by atoms with E-state index >= 15 is 0 Å². The van der Waals surface area contributed by atoms with E-state index in [4.69, 9.17) is 4.74 Å². The number of carbonyl (C=O) groups excluding carboxylic acids is 1. The van der Waals surface area contributed by atoms with Gasteiger partial charge in [0, 0.05) is 0 Å². The Morgan fingerprint density at radius 3 is 2.11 bits per heavy atom. The molecule has 1 aromatic rings. The highest BCUT2D eigenvalue weighted by atomic mass is 28.3. The first-order valence-corrected chi connectivity index (χ1v) is 13.2. The molecule has 0 heterocycles. The zero-order valence-corrected chi connectivity index (χ0v) is 14.1. The van der Waals surface area contributed by atoms with Gasteiger partial charge in [0.15, 0.2) is 12.2 Å². The second-order valence-electron chi connectivity index (χ2n) is 6.53. The van der Waals surface area contributed by atoms with Crippen molar-refractivity contribution in [3.8, 4) is 5.75 Å². The van der Waals surface area contributed by atoms with Crippen LogP contribution in [0.4, 0.5) is 0 Å². The van der Waals surface area contributed by atoms with E-state index in [0.717, 1.165) is 12.0 Å². The van der Waals surface area contributed by atoms with E-state index in [1.165, 1.54) is 10.4 Å². The van der Waals surface area contributed by atoms with Gasteiger partial charge in [0.05, 0.1) is 16.1 Å². The quantitative estimate of drug-likeness (QED) is 0.480. The third-order valence-electron chi connectivity index (χ3n) is 2.82. The van der Waals surface area contributed by atoms with E-state index in [2.05, 4.69) is 45.3 Å². The molecule has 0 aliphatic heterocycles. The van der Waals surface area contributed by atoms with Crippen LogP contribution in [0.3, 0.4) is 0 Å². The van der Waals surface area contributed by atoms with Crippen LogP contribution in [0.5, 0.6) is 5.75 Å². The molecule has 18 heavy (non-hydrogen) atoms. The molecule has 0 saturated carbocycles. The molecule has 0 radical (unpaired) electrons. The highest BCUT2D eigenvalue weighted by Crippen LogP contribution is 2.16. The maximum Gasteiger partial charge on any atom is 0.174 e. The third-order valence-corrected chi connectivity index (χ3v) is 7.12. The molecule has 1 rings (SSSR count). The third kappa shape index (κ3) is 3.45. The van der Waals surface area contributed by atoms with E-state index in [1.807, 2.05) is 12.1 Å². The predicted molar refractivity (Wildman–Crippen MR) is 83.3 cm³/mol. The second kappa shape index (κ2) is 5.26. The van der Waals surface area contributed by atoms with Gasteiger partial charge in [-0.15, -0.1) is 0 Å². The Morgan fingerprint density at radius 1 is 1.06 bits per heavy atom. The summed E-state index contributed by atoms with van der Waals surface area (Å²) in [5, 5.41) is 2.79. The SMILES string of the molecule is C[Si](C)(C)c1cccc(OC=C=O)c1[Si](C)(C)C. The molecule has 0 unspecified atom stereocenters. The Morgan fingerprint density at radius 2 is 1.67 bits per heavy atom. The maximum absolute atomic E-state index is 10.3. The molecular weight excluding hydrogens is 256 g/mol. The Labute approximate surface area is 112 Å². The number of benzene rings is 1. The summed E-state index contributed by atoms with van der Waals surface area (Å²) in [6.07, 6.45) is 1.10. The van der Waals surface area contributed by atoms with Crippen molar-refractivity contribution in [3.63, 3.8) is 0 Å². The van der Waals surface area contributed by atoms with Gasteiger partial charge in [0.1, 0.15) is 5.75 Å². The van der Waals surface area contributed by atoms with Crippen molar-refractivity contribution < 1.29 is 9.53 Å². The van der Waals surface area contributed by atoms with Crippen LogP contribution in [-0.2, 0) is 4.79 Å². The average Bonchev–Trinajstić information content (AvgIpc) is 2.23. The molecule has 0 saturated heterocycles. The molecule has 0 aromatic heterocycles. The average molecular weight is 278 g/mol. The molecule has 0 fully saturated rings. The van der Waals surface area contributed by atoms with Gasteiger partial charge in [0.25, 0.3) is 0 Å². The summed E-state index contributed by atoms with van der Waals surface area (Å²) < 4.78 is 5.46. The number of ether oxygens (including phenoxy) is 1. The first kappa shape index (κ1) is 15.0. The standard InChI is InChI=1S/C14H22O2Si2/c1-17(2,3)13-9-7-8-12(16-11-10-15)14(13)18(4,5)6/h7-9,11H,1-6H3. The zero-order valence-electron chi connectivity index (χ0n) is 12.1. The summed E-state index contributed by atoms with van der Waals surface area (Å²) in [6.45, 7) is 13.9. The minimum atomic E-state index is -1.52.